The molecule has 0 fully saturated rings. The minimum Gasteiger partial charge on any atom is -0.214 e. The molecular weight excluding hydrogens is 130 g/mol. The zero-order valence-electron chi connectivity index (χ0n) is 5.49. The van der Waals surface area contributed by atoms with Crippen molar-refractivity contribution in [2.45, 2.75) is 6.61 Å². The van der Waals surface area contributed by atoms with Gasteiger partial charge >= 0.3 is 0 Å². The molecule has 0 saturated carbocycles. The monoisotopic (exact) mass is 139 g/mol. The minimum absolute atomic E-state index is 0.386. The highest BCUT2D eigenvalue weighted by Gasteiger charge is 1.88. The summed E-state index contributed by atoms with van der Waals surface area (Å²) in [5.41, 5.74) is 1.04. The quantitative estimate of drug-likeness (QED) is 0.502. The SMILES string of the molecule is NOOCc1ccccc1. The van der Waals surface area contributed by atoms with Gasteiger partial charge in [-0.25, -0.2) is 4.89 Å². The van der Waals surface area contributed by atoms with E-state index in [1.54, 1.807) is 0 Å². The highest BCUT2D eigenvalue weighted by Crippen LogP contribution is 1.98. The molecule has 0 saturated heterocycles. The highest BCUT2D eigenvalue weighted by molar-refractivity contribution is 5.13. The summed E-state index contributed by atoms with van der Waals surface area (Å²) in [6.07, 6.45) is 0. The van der Waals surface area contributed by atoms with E-state index in [2.05, 4.69) is 15.8 Å². The first-order valence-electron chi connectivity index (χ1n) is 2.96. The van der Waals surface area contributed by atoms with E-state index in [0.29, 0.717) is 6.61 Å². The molecule has 0 unspecified atom stereocenters. The van der Waals surface area contributed by atoms with Crippen molar-refractivity contribution in [3.05, 3.63) is 35.9 Å². The molecule has 0 spiro atoms. The number of hydrogen-bond acceptors (Lipinski definition) is 3. The molecule has 3 heteroatoms. The second-order valence-corrected chi connectivity index (χ2v) is 1.84. The largest absolute Gasteiger partial charge is 0.214 e. The summed E-state index contributed by atoms with van der Waals surface area (Å²) in [7, 11) is 0. The molecule has 10 heavy (non-hydrogen) atoms. The van der Waals surface area contributed by atoms with Crippen LogP contribution in [-0.4, -0.2) is 0 Å². The Kier molecular flexibility index (Phi) is 2.89. The lowest BCUT2D eigenvalue weighted by atomic mass is 10.2. The second kappa shape index (κ2) is 4.00. The van der Waals surface area contributed by atoms with Gasteiger partial charge in [0.25, 0.3) is 0 Å². The lowest BCUT2D eigenvalue weighted by molar-refractivity contribution is -0.308. The molecule has 2 N–H and O–H groups in total. The first kappa shape index (κ1) is 7.21. The number of hydrogen-bond donors (Lipinski definition) is 1. The molecule has 1 aromatic carbocycles. The summed E-state index contributed by atoms with van der Waals surface area (Å²) in [6, 6.07) is 9.65. The summed E-state index contributed by atoms with van der Waals surface area (Å²) in [6.45, 7) is 0.386. The lowest BCUT2D eigenvalue weighted by Crippen LogP contribution is -2.00. The predicted octanol–water partition coefficient (Wildman–Crippen LogP) is 1.01. The minimum atomic E-state index is 0.386. The molecule has 0 aliphatic carbocycles. The molecule has 3 nitrogen and oxygen atoms in total. The van der Waals surface area contributed by atoms with Gasteiger partial charge in [-0.1, -0.05) is 30.3 Å². The van der Waals surface area contributed by atoms with Crippen molar-refractivity contribution in [2.24, 2.45) is 5.90 Å². The summed E-state index contributed by atoms with van der Waals surface area (Å²) in [5, 5.41) is 0. The van der Waals surface area contributed by atoms with Crippen LogP contribution < -0.4 is 5.90 Å². The topological polar surface area (TPSA) is 44.5 Å². The second-order valence-electron chi connectivity index (χ2n) is 1.84. The van der Waals surface area contributed by atoms with Crippen LogP contribution in [0.2, 0.25) is 0 Å². The molecule has 54 valence electrons. The van der Waals surface area contributed by atoms with Gasteiger partial charge in [-0.15, -0.1) is 4.99 Å². The van der Waals surface area contributed by atoms with Crippen molar-refractivity contribution in [1.29, 1.82) is 0 Å². The summed E-state index contributed by atoms with van der Waals surface area (Å²) >= 11 is 0. The van der Waals surface area contributed by atoms with Crippen LogP contribution in [0.4, 0.5) is 0 Å². The fourth-order valence-electron chi connectivity index (χ4n) is 0.676. The molecule has 0 aliphatic heterocycles. The van der Waals surface area contributed by atoms with Crippen molar-refractivity contribution in [3.63, 3.8) is 0 Å². The van der Waals surface area contributed by atoms with Crippen molar-refractivity contribution >= 4 is 0 Å². The Labute approximate surface area is 59.2 Å². The van der Waals surface area contributed by atoms with Gasteiger partial charge in [0.15, 0.2) is 0 Å². The zero-order chi connectivity index (χ0) is 7.23. The first-order valence-corrected chi connectivity index (χ1v) is 2.96. The number of rotatable bonds is 3. The smallest absolute Gasteiger partial charge is 0.109 e. The van der Waals surface area contributed by atoms with Crippen molar-refractivity contribution in [1.82, 2.24) is 0 Å². The third-order valence-electron chi connectivity index (χ3n) is 1.14. The fourth-order valence-corrected chi connectivity index (χ4v) is 0.676. The zero-order valence-corrected chi connectivity index (χ0v) is 5.49. The molecule has 1 aromatic rings. The number of benzene rings is 1. The molecule has 0 bridgehead atoms. The molecule has 0 radical (unpaired) electrons. The van der Waals surface area contributed by atoms with E-state index in [1.165, 1.54) is 0 Å². The molecule has 0 atom stereocenters. The van der Waals surface area contributed by atoms with Crippen LogP contribution in [0.25, 0.3) is 0 Å². The van der Waals surface area contributed by atoms with Crippen molar-refractivity contribution in [3.8, 4) is 0 Å². The van der Waals surface area contributed by atoms with Crippen LogP contribution in [0.3, 0.4) is 0 Å². The van der Waals surface area contributed by atoms with Crippen molar-refractivity contribution < 1.29 is 9.88 Å². The average Bonchev–Trinajstić information content (AvgIpc) is 2.03. The van der Waals surface area contributed by atoms with E-state index < -0.39 is 0 Å². The summed E-state index contributed by atoms with van der Waals surface area (Å²) < 4.78 is 0. The molecule has 0 aromatic heterocycles. The maximum atomic E-state index is 4.65. The third kappa shape index (κ3) is 2.14. The van der Waals surface area contributed by atoms with Gasteiger partial charge in [0.1, 0.15) is 6.61 Å². The van der Waals surface area contributed by atoms with Gasteiger partial charge in [-0.2, -0.15) is 5.90 Å². The van der Waals surface area contributed by atoms with Gasteiger partial charge in [0, 0.05) is 0 Å². The maximum Gasteiger partial charge on any atom is 0.109 e. The van der Waals surface area contributed by atoms with E-state index in [-0.39, 0.29) is 0 Å². The number of nitrogens with two attached hydrogens (primary N) is 1. The Balaban J connectivity index is 2.43. The maximum absolute atomic E-state index is 4.65. The van der Waals surface area contributed by atoms with Crippen LogP contribution in [0.5, 0.6) is 0 Å². The lowest BCUT2D eigenvalue weighted by Gasteiger charge is -1.97. The van der Waals surface area contributed by atoms with Gasteiger partial charge in [-0.3, -0.25) is 0 Å². The molecular formula is C7H9NO2. The van der Waals surface area contributed by atoms with Gasteiger partial charge in [0.2, 0.25) is 0 Å². The van der Waals surface area contributed by atoms with Crippen LogP contribution in [0.15, 0.2) is 30.3 Å². The Morgan fingerprint density at radius 3 is 2.50 bits per heavy atom. The van der Waals surface area contributed by atoms with Crippen LogP contribution in [-0.2, 0) is 16.5 Å². The fraction of sp³-hybridized carbons (Fsp3) is 0.143. The normalized spacial score (nSPS) is 9.70. The Hall–Kier alpha value is -0.900. The van der Waals surface area contributed by atoms with E-state index in [9.17, 15) is 0 Å². The molecule has 0 aliphatic rings. The standard InChI is InChI=1S/C7H9NO2/c8-10-9-6-7-4-2-1-3-5-7/h1-5H,6,8H2. The van der Waals surface area contributed by atoms with E-state index in [4.69, 9.17) is 0 Å². The van der Waals surface area contributed by atoms with Crippen LogP contribution in [0, 0.1) is 0 Å². The van der Waals surface area contributed by atoms with E-state index >= 15 is 0 Å². The van der Waals surface area contributed by atoms with E-state index in [1.807, 2.05) is 30.3 Å². The first-order chi connectivity index (χ1) is 4.93. The van der Waals surface area contributed by atoms with Crippen molar-refractivity contribution in [2.75, 3.05) is 0 Å². The molecule has 0 heterocycles. The summed E-state index contributed by atoms with van der Waals surface area (Å²) in [5.74, 6) is 4.65. The average molecular weight is 139 g/mol. The van der Waals surface area contributed by atoms with Gasteiger partial charge in [0.05, 0.1) is 0 Å². The Morgan fingerprint density at radius 1 is 1.20 bits per heavy atom. The Morgan fingerprint density at radius 2 is 1.90 bits per heavy atom. The van der Waals surface area contributed by atoms with Crippen LogP contribution in [0.1, 0.15) is 5.56 Å². The van der Waals surface area contributed by atoms with Gasteiger partial charge < -0.3 is 0 Å². The highest BCUT2D eigenvalue weighted by atomic mass is 17.3. The molecule has 0 amide bonds. The van der Waals surface area contributed by atoms with Gasteiger partial charge in [-0.05, 0) is 5.56 Å². The van der Waals surface area contributed by atoms with E-state index in [0.717, 1.165) is 5.56 Å². The Bertz CT molecular complexity index is 176. The third-order valence-corrected chi connectivity index (χ3v) is 1.14. The molecule has 1 rings (SSSR count). The predicted molar refractivity (Wildman–Crippen MR) is 36.5 cm³/mol. The summed E-state index contributed by atoms with van der Waals surface area (Å²) in [4.78, 5) is 8.44. The van der Waals surface area contributed by atoms with Crippen LogP contribution >= 0.6 is 0 Å².